The van der Waals surface area contributed by atoms with Crippen molar-refractivity contribution in [2.75, 3.05) is 0 Å². The molecule has 0 N–H and O–H groups in total. The van der Waals surface area contributed by atoms with Crippen LogP contribution in [0.2, 0.25) is 0 Å². The normalized spacial score (nSPS) is 16.9. The van der Waals surface area contributed by atoms with E-state index in [-0.39, 0.29) is 8.41 Å². The topological polar surface area (TPSA) is 0 Å². The average molecular weight is 298 g/mol. The molecule has 0 saturated heterocycles. The van der Waals surface area contributed by atoms with Crippen LogP contribution in [0.5, 0.6) is 0 Å². The maximum absolute atomic E-state index is 9.85. The minimum atomic E-state index is -6.78. The second kappa shape index (κ2) is 9.44. The van der Waals surface area contributed by atoms with E-state index in [4.69, 9.17) is 0 Å². The van der Waals surface area contributed by atoms with Gasteiger partial charge in [-0.05, 0) is 25.7 Å². The Kier molecular flexibility index (Phi) is 11.0. The summed E-state index contributed by atoms with van der Waals surface area (Å²) in [5.74, 6) is 0. The van der Waals surface area contributed by atoms with Gasteiger partial charge in [0, 0.05) is 8.41 Å². The first kappa shape index (κ1) is 16.3. The standard InChI is InChI=1S/C8H12.B.4FH.Rh/c1-2-4-6-8-7-5-3-1;;;;;;/h1-2,7-8H,3-6H2;;4*1H;/q;;;;;;+4/p-4. The van der Waals surface area contributed by atoms with Crippen molar-refractivity contribution in [3.63, 3.8) is 0 Å². The summed E-state index contributed by atoms with van der Waals surface area (Å²) in [6, 6.07) is 0. The van der Waals surface area contributed by atoms with Crippen LogP contribution in [0.15, 0.2) is 24.3 Å². The van der Waals surface area contributed by atoms with E-state index >= 15 is 0 Å². The summed E-state index contributed by atoms with van der Waals surface area (Å²) in [5.41, 5.74) is 0. The molecular weight excluding hydrogens is 286 g/mol. The fourth-order valence-corrected chi connectivity index (χ4v) is 0.856. The summed E-state index contributed by atoms with van der Waals surface area (Å²) >= 11 is -6.78. The molecule has 0 nitrogen and oxygen atoms in total. The van der Waals surface area contributed by atoms with Gasteiger partial charge in [0.05, 0.1) is 0 Å². The Morgan fingerprint density at radius 3 is 0.929 bits per heavy atom. The quantitative estimate of drug-likeness (QED) is 0.360. The molecule has 0 amide bonds. The SMILES string of the molecule is C1=CCCC=CCC1.[B].[F][Rh]([F])([F])[F]. The van der Waals surface area contributed by atoms with Gasteiger partial charge in [-0.3, -0.25) is 0 Å². The Hall–Kier alpha value is -0.112. The molecule has 0 aromatic carbocycles. The van der Waals surface area contributed by atoms with Crippen molar-refractivity contribution in [3.05, 3.63) is 24.3 Å². The van der Waals surface area contributed by atoms with Gasteiger partial charge in [-0.2, -0.15) is 0 Å². The first-order chi connectivity index (χ1) is 6.00. The zero-order valence-electron chi connectivity index (χ0n) is 7.56. The first-order valence-electron chi connectivity index (χ1n) is 3.80. The number of hydrogen-bond donors (Lipinski definition) is 0. The van der Waals surface area contributed by atoms with Crippen LogP contribution < -0.4 is 0 Å². The molecule has 1 aliphatic rings. The second-order valence-electron chi connectivity index (χ2n) is 2.38. The molecule has 0 atom stereocenters. The number of hydrogen-bond acceptors (Lipinski definition) is 0. The van der Waals surface area contributed by atoms with Crippen molar-refractivity contribution in [2.24, 2.45) is 0 Å². The van der Waals surface area contributed by atoms with E-state index in [1.165, 1.54) is 25.7 Å². The maximum atomic E-state index is 9.85. The minimum absolute atomic E-state index is 0. The summed E-state index contributed by atoms with van der Waals surface area (Å²) in [6.45, 7) is 0. The molecule has 6 heteroatoms. The van der Waals surface area contributed by atoms with Gasteiger partial charge >= 0.3 is 30.0 Å². The molecule has 14 heavy (non-hydrogen) atoms. The van der Waals surface area contributed by atoms with E-state index in [1.54, 1.807) is 0 Å². The van der Waals surface area contributed by atoms with Crippen molar-refractivity contribution in [2.45, 2.75) is 25.7 Å². The third-order valence-electron chi connectivity index (χ3n) is 1.33. The summed E-state index contributed by atoms with van der Waals surface area (Å²) < 4.78 is 39.4. The average Bonchev–Trinajstić information content (AvgIpc) is 1.79. The first-order valence-corrected chi connectivity index (χ1v) is 6.28. The van der Waals surface area contributed by atoms with Crippen LogP contribution in [0.4, 0.5) is 13.3 Å². The number of allylic oxidation sites excluding steroid dienone is 4. The Morgan fingerprint density at radius 1 is 0.643 bits per heavy atom. The number of rotatable bonds is 0. The molecule has 0 aromatic heterocycles. The summed E-state index contributed by atoms with van der Waals surface area (Å²) in [7, 11) is 0. The van der Waals surface area contributed by atoms with Gasteiger partial charge in [-0.15, -0.1) is 0 Å². The molecule has 84 valence electrons. The Bertz CT molecular complexity index is 145. The molecule has 0 heterocycles. The van der Waals surface area contributed by atoms with Crippen LogP contribution in [-0.2, 0) is 16.8 Å². The summed E-state index contributed by atoms with van der Waals surface area (Å²) in [4.78, 5) is 0. The predicted octanol–water partition coefficient (Wildman–Crippen LogP) is 3.97. The third-order valence-corrected chi connectivity index (χ3v) is 1.33. The molecular formula is C8H12BF4Rh. The molecule has 1 rings (SSSR count). The zero-order valence-corrected chi connectivity index (χ0v) is 9.20. The summed E-state index contributed by atoms with van der Waals surface area (Å²) in [6.07, 6.45) is 14.0. The van der Waals surface area contributed by atoms with Crippen LogP contribution in [0.1, 0.15) is 25.7 Å². The van der Waals surface area contributed by atoms with Gasteiger partial charge in [0.25, 0.3) is 0 Å². The second-order valence-corrected chi connectivity index (χ2v) is 3.79. The van der Waals surface area contributed by atoms with Crippen LogP contribution >= 0.6 is 0 Å². The van der Waals surface area contributed by atoms with Crippen LogP contribution in [0, 0.1) is 0 Å². The zero-order chi connectivity index (χ0) is 10.2. The van der Waals surface area contributed by atoms with E-state index in [2.05, 4.69) is 24.3 Å². The molecule has 0 fully saturated rings. The fourth-order valence-electron chi connectivity index (χ4n) is 0.856. The van der Waals surface area contributed by atoms with Gasteiger partial charge in [-0.25, -0.2) is 0 Å². The number of halogens is 4. The van der Waals surface area contributed by atoms with Gasteiger partial charge < -0.3 is 0 Å². The van der Waals surface area contributed by atoms with Crippen molar-refractivity contribution in [1.82, 2.24) is 0 Å². The third kappa shape index (κ3) is 22.7. The Morgan fingerprint density at radius 2 is 0.786 bits per heavy atom. The van der Waals surface area contributed by atoms with E-state index in [0.29, 0.717) is 0 Å². The van der Waals surface area contributed by atoms with Gasteiger partial charge in [-0.1, -0.05) is 24.3 Å². The molecule has 1 aliphatic carbocycles. The molecule has 0 unspecified atom stereocenters. The molecule has 0 saturated carbocycles. The van der Waals surface area contributed by atoms with Gasteiger partial charge in [0.1, 0.15) is 0 Å². The van der Waals surface area contributed by atoms with E-state index < -0.39 is 16.8 Å². The van der Waals surface area contributed by atoms with Gasteiger partial charge in [0.15, 0.2) is 0 Å². The van der Waals surface area contributed by atoms with Crippen molar-refractivity contribution in [3.8, 4) is 0 Å². The van der Waals surface area contributed by atoms with E-state index in [0.717, 1.165) is 0 Å². The predicted molar refractivity (Wildman–Crippen MR) is 46.9 cm³/mol. The van der Waals surface area contributed by atoms with Gasteiger partial charge in [0.2, 0.25) is 0 Å². The van der Waals surface area contributed by atoms with Crippen LogP contribution in [0.3, 0.4) is 0 Å². The van der Waals surface area contributed by atoms with Crippen LogP contribution in [0.25, 0.3) is 0 Å². The van der Waals surface area contributed by atoms with Crippen molar-refractivity contribution >= 4 is 8.41 Å². The molecule has 3 radical (unpaired) electrons. The fraction of sp³-hybridized carbons (Fsp3) is 0.500. The summed E-state index contributed by atoms with van der Waals surface area (Å²) in [5, 5.41) is 0. The van der Waals surface area contributed by atoms with E-state index in [9.17, 15) is 13.3 Å². The molecule has 0 aliphatic heterocycles. The van der Waals surface area contributed by atoms with E-state index in [1.807, 2.05) is 0 Å². The van der Waals surface area contributed by atoms with Crippen molar-refractivity contribution < 1.29 is 30.0 Å². The Labute approximate surface area is 88.8 Å². The Balaban J connectivity index is 0. The van der Waals surface area contributed by atoms with Crippen LogP contribution in [-0.4, -0.2) is 8.41 Å². The molecule has 0 aromatic rings. The van der Waals surface area contributed by atoms with Crippen molar-refractivity contribution in [1.29, 1.82) is 0 Å². The molecule has 0 bridgehead atoms. The monoisotopic (exact) mass is 298 g/mol. The molecule has 0 spiro atoms.